The third kappa shape index (κ3) is 5.28. The van der Waals surface area contributed by atoms with Crippen LogP contribution in [-0.2, 0) is 4.74 Å². The molecule has 1 aliphatic heterocycles. The van der Waals surface area contributed by atoms with Gasteiger partial charge in [-0.2, -0.15) is 0 Å². The molecule has 7 heteroatoms. The van der Waals surface area contributed by atoms with E-state index in [1.54, 1.807) is 12.4 Å². The minimum Gasteiger partial charge on any atom is -0.379 e. The first kappa shape index (κ1) is 15.7. The Morgan fingerprint density at radius 1 is 1.33 bits per heavy atom. The largest absolute Gasteiger partial charge is 0.379 e. The van der Waals surface area contributed by atoms with Crippen LogP contribution in [0.1, 0.15) is 24.2 Å². The molecule has 7 nitrogen and oxygen atoms in total. The monoisotopic (exact) mass is 293 g/mol. The first-order valence-corrected chi connectivity index (χ1v) is 7.32. The van der Waals surface area contributed by atoms with Gasteiger partial charge in [-0.1, -0.05) is 0 Å². The van der Waals surface area contributed by atoms with E-state index >= 15 is 0 Å². The molecule has 2 rings (SSSR count). The average Bonchev–Trinajstić information content (AvgIpc) is 2.48. The highest BCUT2D eigenvalue weighted by molar-refractivity contribution is 5.93. The summed E-state index contributed by atoms with van der Waals surface area (Å²) in [5.74, 6) is 0.397. The fourth-order valence-electron chi connectivity index (χ4n) is 2.03. The summed E-state index contributed by atoms with van der Waals surface area (Å²) in [6, 6.07) is 0.262. The first-order valence-electron chi connectivity index (χ1n) is 7.32. The molecule has 0 unspecified atom stereocenters. The molecule has 0 atom stereocenters. The molecule has 0 aromatic carbocycles. The van der Waals surface area contributed by atoms with E-state index in [0.29, 0.717) is 18.1 Å². The third-order valence-electron chi connectivity index (χ3n) is 3.15. The van der Waals surface area contributed by atoms with Crippen LogP contribution in [0.2, 0.25) is 0 Å². The van der Waals surface area contributed by atoms with Crippen LogP contribution in [0.15, 0.2) is 12.4 Å². The number of carbonyl (C=O) groups is 1. The maximum atomic E-state index is 12.0. The maximum absolute atomic E-state index is 12.0. The van der Waals surface area contributed by atoms with Gasteiger partial charge in [-0.15, -0.1) is 0 Å². The second-order valence-electron chi connectivity index (χ2n) is 5.30. The van der Waals surface area contributed by atoms with E-state index in [-0.39, 0.29) is 11.9 Å². The van der Waals surface area contributed by atoms with E-state index < -0.39 is 0 Å². The van der Waals surface area contributed by atoms with Gasteiger partial charge in [0.05, 0.1) is 18.8 Å². The van der Waals surface area contributed by atoms with Crippen LogP contribution in [0.25, 0.3) is 0 Å². The molecule has 21 heavy (non-hydrogen) atoms. The van der Waals surface area contributed by atoms with Gasteiger partial charge in [0, 0.05) is 44.6 Å². The van der Waals surface area contributed by atoms with Crippen molar-refractivity contribution < 1.29 is 9.53 Å². The van der Waals surface area contributed by atoms with E-state index in [9.17, 15) is 4.79 Å². The Balaban J connectivity index is 1.74. The van der Waals surface area contributed by atoms with Gasteiger partial charge in [0.2, 0.25) is 5.95 Å². The Bertz CT molecular complexity index is 443. The summed E-state index contributed by atoms with van der Waals surface area (Å²) in [6.45, 7) is 8.86. The number of morpholine rings is 1. The number of anilines is 1. The number of rotatable bonds is 6. The molecule has 0 spiro atoms. The lowest BCUT2D eigenvalue weighted by atomic mass is 10.3. The number of nitrogens with one attached hydrogen (secondary N) is 2. The van der Waals surface area contributed by atoms with Crippen LogP contribution in [0.3, 0.4) is 0 Å². The van der Waals surface area contributed by atoms with E-state index in [1.807, 2.05) is 13.8 Å². The summed E-state index contributed by atoms with van der Waals surface area (Å²) < 4.78 is 5.28. The SMILES string of the molecule is CC(C)Nc1ncc(C(=O)NCCN2CCOCC2)cn1. The molecule has 1 aromatic rings. The van der Waals surface area contributed by atoms with Crippen LogP contribution < -0.4 is 10.6 Å². The Morgan fingerprint density at radius 3 is 2.62 bits per heavy atom. The second kappa shape index (κ2) is 7.90. The summed E-state index contributed by atoms with van der Waals surface area (Å²) in [5.41, 5.74) is 0.478. The van der Waals surface area contributed by atoms with Crippen molar-refractivity contribution in [3.63, 3.8) is 0 Å². The Morgan fingerprint density at radius 2 is 2.00 bits per heavy atom. The van der Waals surface area contributed by atoms with Gasteiger partial charge in [0.15, 0.2) is 0 Å². The number of carbonyl (C=O) groups excluding carboxylic acids is 1. The Hall–Kier alpha value is -1.73. The zero-order valence-electron chi connectivity index (χ0n) is 12.6. The summed E-state index contributed by atoms with van der Waals surface area (Å²) in [7, 11) is 0. The van der Waals surface area contributed by atoms with Crippen molar-refractivity contribution in [1.29, 1.82) is 0 Å². The molecule has 0 saturated carbocycles. The average molecular weight is 293 g/mol. The highest BCUT2D eigenvalue weighted by Gasteiger charge is 2.11. The Labute approximate surface area is 125 Å². The molecule has 0 bridgehead atoms. The van der Waals surface area contributed by atoms with Crippen molar-refractivity contribution in [2.75, 3.05) is 44.7 Å². The second-order valence-corrected chi connectivity index (χ2v) is 5.30. The summed E-state index contributed by atoms with van der Waals surface area (Å²) in [6.07, 6.45) is 3.09. The van der Waals surface area contributed by atoms with Gasteiger partial charge in [-0.25, -0.2) is 9.97 Å². The van der Waals surface area contributed by atoms with Gasteiger partial charge < -0.3 is 15.4 Å². The molecule has 1 aromatic heterocycles. The first-order chi connectivity index (χ1) is 10.1. The minimum atomic E-state index is -0.139. The number of nitrogens with zero attached hydrogens (tertiary/aromatic N) is 3. The highest BCUT2D eigenvalue weighted by atomic mass is 16.5. The van der Waals surface area contributed by atoms with Crippen LogP contribution in [-0.4, -0.2) is 66.2 Å². The lowest BCUT2D eigenvalue weighted by molar-refractivity contribution is 0.0383. The standard InChI is InChI=1S/C14H23N5O2/c1-11(2)18-14-16-9-12(10-17-14)13(20)15-3-4-19-5-7-21-8-6-19/h9-11H,3-8H2,1-2H3,(H,15,20)(H,16,17,18). The number of ether oxygens (including phenoxy) is 1. The Kier molecular flexibility index (Phi) is 5.89. The van der Waals surface area contributed by atoms with Crippen molar-refractivity contribution in [3.8, 4) is 0 Å². The molecule has 1 fully saturated rings. The van der Waals surface area contributed by atoms with Gasteiger partial charge in [0.1, 0.15) is 0 Å². The number of hydrogen-bond acceptors (Lipinski definition) is 6. The molecule has 1 amide bonds. The van der Waals surface area contributed by atoms with E-state index in [0.717, 1.165) is 32.8 Å². The lowest BCUT2D eigenvalue weighted by Gasteiger charge is -2.26. The third-order valence-corrected chi connectivity index (χ3v) is 3.15. The molecule has 2 N–H and O–H groups in total. The summed E-state index contributed by atoms with van der Waals surface area (Å²) in [4.78, 5) is 22.5. The van der Waals surface area contributed by atoms with Crippen molar-refractivity contribution in [2.24, 2.45) is 0 Å². The quantitative estimate of drug-likeness (QED) is 0.788. The van der Waals surface area contributed by atoms with Crippen molar-refractivity contribution in [2.45, 2.75) is 19.9 Å². The molecule has 116 valence electrons. The fourth-order valence-corrected chi connectivity index (χ4v) is 2.03. The van der Waals surface area contributed by atoms with Crippen LogP contribution in [0.5, 0.6) is 0 Å². The predicted octanol–water partition coefficient (Wildman–Crippen LogP) is 0.359. The summed E-state index contributed by atoms with van der Waals surface area (Å²) >= 11 is 0. The van der Waals surface area contributed by atoms with Crippen molar-refractivity contribution >= 4 is 11.9 Å². The van der Waals surface area contributed by atoms with E-state index in [2.05, 4.69) is 25.5 Å². The molecule has 0 radical (unpaired) electrons. The highest BCUT2D eigenvalue weighted by Crippen LogP contribution is 2.02. The maximum Gasteiger partial charge on any atom is 0.254 e. The normalized spacial score (nSPS) is 16.0. The van der Waals surface area contributed by atoms with Gasteiger partial charge in [-0.05, 0) is 13.8 Å². The molecule has 2 heterocycles. The summed E-state index contributed by atoms with van der Waals surface area (Å²) in [5, 5.41) is 5.97. The van der Waals surface area contributed by atoms with Crippen LogP contribution in [0, 0.1) is 0 Å². The molecular weight excluding hydrogens is 270 g/mol. The molecule has 1 saturated heterocycles. The fraction of sp³-hybridized carbons (Fsp3) is 0.643. The zero-order chi connectivity index (χ0) is 15.1. The van der Waals surface area contributed by atoms with Gasteiger partial charge >= 0.3 is 0 Å². The van der Waals surface area contributed by atoms with Gasteiger partial charge in [-0.3, -0.25) is 9.69 Å². The smallest absolute Gasteiger partial charge is 0.254 e. The molecular formula is C14H23N5O2. The zero-order valence-corrected chi connectivity index (χ0v) is 12.6. The van der Waals surface area contributed by atoms with Crippen LogP contribution >= 0.6 is 0 Å². The number of aromatic nitrogens is 2. The van der Waals surface area contributed by atoms with E-state index in [4.69, 9.17) is 4.74 Å². The topological polar surface area (TPSA) is 79.4 Å². The van der Waals surface area contributed by atoms with Crippen LogP contribution in [0.4, 0.5) is 5.95 Å². The van der Waals surface area contributed by atoms with Gasteiger partial charge in [0.25, 0.3) is 5.91 Å². The minimum absolute atomic E-state index is 0.139. The van der Waals surface area contributed by atoms with Crippen molar-refractivity contribution in [3.05, 3.63) is 18.0 Å². The molecule has 1 aliphatic rings. The van der Waals surface area contributed by atoms with Crippen molar-refractivity contribution in [1.82, 2.24) is 20.2 Å². The number of hydrogen-bond donors (Lipinski definition) is 2. The molecule has 0 aliphatic carbocycles. The number of amides is 1. The lowest BCUT2D eigenvalue weighted by Crippen LogP contribution is -2.41. The van der Waals surface area contributed by atoms with E-state index in [1.165, 1.54) is 0 Å². The predicted molar refractivity (Wildman–Crippen MR) is 80.4 cm³/mol.